The number of rotatable bonds is 14. The first kappa shape index (κ1) is 38.6. The minimum Gasteiger partial charge on any atom is -0.493 e. The molecule has 1 fully saturated rings. The summed E-state index contributed by atoms with van der Waals surface area (Å²) in [5, 5.41) is 2.72. The number of nitrogens with one attached hydrogen (secondary N) is 1. The van der Waals surface area contributed by atoms with Gasteiger partial charge in [0.05, 0.1) is 19.6 Å². The highest BCUT2D eigenvalue weighted by Crippen LogP contribution is 2.32. The average molecular weight is 681 g/mol. The van der Waals surface area contributed by atoms with Gasteiger partial charge in [0, 0.05) is 18.3 Å². The van der Waals surface area contributed by atoms with E-state index in [-0.39, 0.29) is 13.2 Å². The number of methoxy groups -OCH3 is 2. The van der Waals surface area contributed by atoms with E-state index in [1.54, 1.807) is 65.3 Å². The van der Waals surface area contributed by atoms with Crippen molar-refractivity contribution in [2.75, 3.05) is 32.7 Å². The van der Waals surface area contributed by atoms with Gasteiger partial charge in [-0.05, 0) is 102 Å². The van der Waals surface area contributed by atoms with Crippen molar-refractivity contribution in [3.63, 3.8) is 0 Å². The Morgan fingerprint density at radius 2 is 1.69 bits per heavy atom. The van der Waals surface area contributed by atoms with Crippen LogP contribution in [0.4, 0.5) is 10.5 Å². The molecule has 12 nitrogen and oxygen atoms in total. The number of hydrogen-bond donors (Lipinski definition) is 1. The number of piperidine rings is 1. The van der Waals surface area contributed by atoms with Crippen LogP contribution in [0, 0.1) is 5.41 Å². The Bertz CT molecular complexity index is 1530. The topological polar surface area (TPSA) is 147 Å². The summed E-state index contributed by atoms with van der Waals surface area (Å²) in [7, 11) is 3.10. The molecule has 1 aliphatic heterocycles. The summed E-state index contributed by atoms with van der Waals surface area (Å²) < 4.78 is 27.4. The van der Waals surface area contributed by atoms with Crippen LogP contribution in [0.1, 0.15) is 77.5 Å². The Kier molecular flexibility index (Phi) is 13.4. The van der Waals surface area contributed by atoms with Crippen LogP contribution < -0.4 is 14.8 Å². The summed E-state index contributed by atoms with van der Waals surface area (Å²) >= 11 is 0. The molecule has 1 unspecified atom stereocenters. The molecule has 1 aliphatic rings. The first-order valence-electron chi connectivity index (χ1n) is 16.2. The molecule has 2 aromatic rings. The number of benzene rings is 2. The second-order valence-corrected chi connectivity index (χ2v) is 13.4. The highest BCUT2D eigenvalue weighted by molar-refractivity contribution is 6.38. The highest BCUT2D eigenvalue weighted by atomic mass is 16.6. The van der Waals surface area contributed by atoms with E-state index in [1.807, 2.05) is 12.1 Å². The van der Waals surface area contributed by atoms with Crippen LogP contribution in [0.3, 0.4) is 0 Å². The fourth-order valence-electron chi connectivity index (χ4n) is 5.30. The zero-order valence-electron chi connectivity index (χ0n) is 29.5. The van der Waals surface area contributed by atoms with E-state index < -0.39 is 52.9 Å². The number of carbonyl (C=O) groups excluding carboxylic acids is 5. The molecule has 1 saturated heterocycles. The molecule has 2 atom stereocenters. The molecular weight excluding hydrogens is 632 g/mol. The third-order valence-corrected chi connectivity index (χ3v) is 7.89. The van der Waals surface area contributed by atoms with Crippen molar-refractivity contribution in [3.8, 4) is 11.5 Å². The molecule has 0 spiro atoms. The predicted molar refractivity (Wildman–Crippen MR) is 182 cm³/mol. The zero-order chi connectivity index (χ0) is 36.4. The van der Waals surface area contributed by atoms with Gasteiger partial charge in [0.2, 0.25) is 5.78 Å². The quantitative estimate of drug-likeness (QED) is 0.110. The van der Waals surface area contributed by atoms with Crippen molar-refractivity contribution in [2.45, 2.75) is 84.5 Å². The molecule has 0 aliphatic carbocycles. The molecule has 266 valence electrons. The number of likely N-dealkylation sites (tertiary alicyclic amines) is 1. The second-order valence-electron chi connectivity index (χ2n) is 13.4. The standard InChI is InChI=1S/C37H48N2O10/c1-9-31(40)47-23-37(5,6)32(41)33(42)39-20-11-10-15-27(39)34(43)48-28(18-16-24-17-19-29(45-7)30(21-24)46-8)25-13-12-14-26(22-25)38-35(44)49-36(2,3)4/h9,12-14,17,19,21-22,27-28H,1,10-11,15-16,18,20,23H2,2-8H3,(H,38,44)/t27-,28?/m0/s1. The van der Waals surface area contributed by atoms with E-state index >= 15 is 0 Å². The van der Waals surface area contributed by atoms with Gasteiger partial charge in [0.1, 0.15) is 24.4 Å². The van der Waals surface area contributed by atoms with Gasteiger partial charge in [0.25, 0.3) is 5.91 Å². The molecule has 3 rings (SSSR count). The molecule has 0 bridgehead atoms. The van der Waals surface area contributed by atoms with Crippen molar-refractivity contribution in [2.24, 2.45) is 5.41 Å². The Morgan fingerprint density at radius 3 is 2.35 bits per heavy atom. The van der Waals surface area contributed by atoms with Gasteiger partial charge < -0.3 is 28.6 Å². The van der Waals surface area contributed by atoms with Crippen molar-refractivity contribution in [1.29, 1.82) is 0 Å². The number of ether oxygens (including phenoxy) is 5. The van der Waals surface area contributed by atoms with E-state index in [9.17, 15) is 24.0 Å². The number of anilines is 1. The molecule has 0 aromatic heterocycles. The highest BCUT2D eigenvalue weighted by Gasteiger charge is 2.42. The number of esters is 2. The van der Waals surface area contributed by atoms with E-state index in [0.29, 0.717) is 54.9 Å². The molecule has 2 amide bonds. The molecular formula is C37H48N2O10. The third-order valence-electron chi connectivity index (χ3n) is 7.89. The lowest BCUT2D eigenvalue weighted by atomic mass is 9.87. The molecule has 1 N–H and O–H groups in total. The van der Waals surface area contributed by atoms with Crippen LogP contribution in [0.25, 0.3) is 0 Å². The van der Waals surface area contributed by atoms with Crippen LogP contribution >= 0.6 is 0 Å². The summed E-state index contributed by atoms with van der Waals surface area (Å²) in [6.07, 6.45) is 1.96. The maximum atomic E-state index is 13.9. The maximum Gasteiger partial charge on any atom is 0.412 e. The molecule has 2 aromatic carbocycles. The van der Waals surface area contributed by atoms with E-state index in [1.165, 1.54) is 18.7 Å². The first-order valence-corrected chi connectivity index (χ1v) is 16.2. The summed E-state index contributed by atoms with van der Waals surface area (Å²) in [4.78, 5) is 66.1. The molecule has 1 heterocycles. The maximum absolute atomic E-state index is 13.9. The van der Waals surface area contributed by atoms with Crippen LogP contribution in [0.15, 0.2) is 55.1 Å². The van der Waals surface area contributed by atoms with Gasteiger partial charge in [0.15, 0.2) is 11.5 Å². The summed E-state index contributed by atoms with van der Waals surface area (Å²) in [5.74, 6) is -1.85. The van der Waals surface area contributed by atoms with E-state index in [4.69, 9.17) is 23.7 Å². The Balaban J connectivity index is 1.88. The number of aryl methyl sites for hydroxylation is 1. The lowest BCUT2D eigenvalue weighted by Gasteiger charge is -2.36. The SMILES string of the molecule is C=CC(=O)OCC(C)(C)C(=O)C(=O)N1CCCC[C@H]1C(=O)OC(CCc1ccc(OC)c(OC)c1)c1cccc(NC(=O)OC(C)(C)C)c1. The fourth-order valence-corrected chi connectivity index (χ4v) is 5.30. The van der Waals surface area contributed by atoms with Crippen LogP contribution in [0.2, 0.25) is 0 Å². The number of carbonyl (C=O) groups is 5. The summed E-state index contributed by atoms with van der Waals surface area (Å²) in [6.45, 7) is 11.5. The second kappa shape index (κ2) is 17.0. The monoisotopic (exact) mass is 680 g/mol. The van der Waals surface area contributed by atoms with Crippen LogP contribution in [-0.2, 0) is 39.8 Å². The van der Waals surface area contributed by atoms with E-state index in [0.717, 1.165) is 11.6 Å². The van der Waals surface area contributed by atoms with Crippen molar-refractivity contribution in [3.05, 3.63) is 66.2 Å². The smallest absolute Gasteiger partial charge is 0.412 e. The Morgan fingerprint density at radius 1 is 0.980 bits per heavy atom. The number of ketones is 1. The largest absolute Gasteiger partial charge is 0.493 e. The fraction of sp³-hybridized carbons (Fsp3) is 0.486. The number of Topliss-reactive ketones (excluding diaryl/α,β-unsaturated/α-hetero) is 1. The first-order chi connectivity index (χ1) is 23.1. The van der Waals surface area contributed by atoms with Crippen molar-refractivity contribution >= 4 is 35.4 Å². The van der Waals surface area contributed by atoms with Gasteiger partial charge >= 0.3 is 18.0 Å². The van der Waals surface area contributed by atoms with E-state index in [2.05, 4.69) is 11.9 Å². The molecule has 0 saturated carbocycles. The number of amides is 2. The number of hydrogen-bond acceptors (Lipinski definition) is 10. The summed E-state index contributed by atoms with van der Waals surface area (Å²) in [5.41, 5.74) is -0.0720. The molecule has 49 heavy (non-hydrogen) atoms. The van der Waals surface area contributed by atoms with Gasteiger partial charge in [-0.3, -0.25) is 14.9 Å². The minimum atomic E-state index is -1.33. The van der Waals surface area contributed by atoms with Crippen LogP contribution in [-0.4, -0.2) is 73.6 Å². The Hall–Kier alpha value is -4.87. The number of nitrogens with zero attached hydrogens (tertiary/aromatic N) is 1. The lowest BCUT2D eigenvalue weighted by molar-refractivity contribution is -0.165. The summed E-state index contributed by atoms with van der Waals surface area (Å²) in [6, 6.07) is 11.5. The van der Waals surface area contributed by atoms with Gasteiger partial charge in [-0.25, -0.2) is 14.4 Å². The minimum absolute atomic E-state index is 0.193. The van der Waals surface area contributed by atoms with Crippen molar-refractivity contribution < 1.29 is 47.7 Å². The third kappa shape index (κ3) is 11.1. The predicted octanol–water partition coefficient (Wildman–Crippen LogP) is 5.97. The molecule has 12 heteroatoms. The van der Waals surface area contributed by atoms with Gasteiger partial charge in [-0.2, -0.15) is 0 Å². The Labute approximate surface area is 288 Å². The van der Waals surface area contributed by atoms with Gasteiger partial charge in [-0.15, -0.1) is 0 Å². The molecule has 0 radical (unpaired) electrons. The van der Waals surface area contributed by atoms with Gasteiger partial charge in [-0.1, -0.05) is 24.8 Å². The van der Waals surface area contributed by atoms with Crippen molar-refractivity contribution in [1.82, 2.24) is 4.90 Å². The normalized spacial score (nSPS) is 15.3. The lowest BCUT2D eigenvalue weighted by Crippen LogP contribution is -2.53. The zero-order valence-corrected chi connectivity index (χ0v) is 29.5. The average Bonchev–Trinajstić information content (AvgIpc) is 3.07. The van der Waals surface area contributed by atoms with Crippen LogP contribution in [0.5, 0.6) is 11.5 Å².